The van der Waals surface area contributed by atoms with Crippen LogP contribution in [0.2, 0.25) is 5.02 Å². The van der Waals surface area contributed by atoms with Crippen molar-refractivity contribution in [3.05, 3.63) is 68.3 Å². The first-order chi connectivity index (χ1) is 11.7. The first kappa shape index (κ1) is 17.2. The second-order valence-electron chi connectivity index (χ2n) is 5.50. The Hall–Kier alpha value is -2.58. The number of hydrogen-bond donors (Lipinski definition) is 1. The van der Waals surface area contributed by atoms with Gasteiger partial charge < -0.3 is 0 Å². The summed E-state index contributed by atoms with van der Waals surface area (Å²) in [5.41, 5.74) is -0.328. The van der Waals surface area contributed by atoms with Crippen LogP contribution in [0.4, 0.5) is 5.69 Å². The van der Waals surface area contributed by atoms with Crippen LogP contribution in [0, 0.1) is 0 Å². The minimum absolute atomic E-state index is 0.0781. The zero-order valence-corrected chi connectivity index (χ0v) is 14.9. The number of nitrogens with one attached hydrogen (secondary N) is 1. The summed E-state index contributed by atoms with van der Waals surface area (Å²) in [6.45, 7) is 0. The van der Waals surface area contributed by atoms with Crippen LogP contribution in [0.25, 0.3) is 10.9 Å². The highest BCUT2D eigenvalue weighted by Gasteiger charge is 2.17. The molecule has 0 atom stereocenters. The quantitative estimate of drug-likeness (QED) is 0.749. The fourth-order valence-electron chi connectivity index (χ4n) is 2.47. The molecule has 0 unspecified atom stereocenters. The average molecular weight is 380 g/mol. The van der Waals surface area contributed by atoms with Gasteiger partial charge in [0.2, 0.25) is 0 Å². The minimum atomic E-state index is -3.90. The molecule has 0 spiro atoms. The predicted octanol–water partition coefficient (Wildman–Crippen LogP) is 1.69. The minimum Gasteiger partial charge on any atom is -0.296 e. The summed E-state index contributed by atoms with van der Waals surface area (Å²) >= 11 is 5.78. The number of halogens is 1. The van der Waals surface area contributed by atoms with Gasteiger partial charge in [-0.25, -0.2) is 13.2 Å². The summed E-state index contributed by atoms with van der Waals surface area (Å²) in [6, 6.07) is 10.2. The molecule has 0 saturated carbocycles. The van der Waals surface area contributed by atoms with Crippen molar-refractivity contribution < 1.29 is 8.42 Å². The maximum Gasteiger partial charge on any atom is 0.330 e. The maximum atomic E-state index is 12.6. The molecule has 25 heavy (non-hydrogen) atoms. The first-order valence-corrected chi connectivity index (χ1v) is 9.05. The molecular formula is C16H14ClN3O4S. The molecule has 0 fully saturated rings. The zero-order chi connectivity index (χ0) is 18.4. The molecule has 1 N–H and O–H groups in total. The zero-order valence-electron chi connectivity index (χ0n) is 13.4. The molecule has 0 radical (unpaired) electrons. The number of rotatable bonds is 3. The van der Waals surface area contributed by atoms with Gasteiger partial charge in [-0.05, 0) is 42.5 Å². The predicted molar refractivity (Wildman–Crippen MR) is 96.7 cm³/mol. The van der Waals surface area contributed by atoms with Crippen molar-refractivity contribution in [2.24, 2.45) is 14.1 Å². The van der Waals surface area contributed by atoms with Crippen LogP contribution in [-0.4, -0.2) is 17.6 Å². The summed E-state index contributed by atoms with van der Waals surface area (Å²) < 4.78 is 29.8. The number of anilines is 1. The molecule has 9 heteroatoms. The van der Waals surface area contributed by atoms with Crippen molar-refractivity contribution in [1.82, 2.24) is 9.13 Å². The number of benzene rings is 2. The molecule has 0 aliphatic rings. The van der Waals surface area contributed by atoms with Crippen molar-refractivity contribution in [3.8, 4) is 0 Å². The lowest BCUT2D eigenvalue weighted by atomic mass is 10.2. The Balaban J connectivity index is 2.14. The third-order valence-electron chi connectivity index (χ3n) is 3.85. The van der Waals surface area contributed by atoms with Crippen LogP contribution >= 0.6 is 11.6 Å². The Morgan fingerprint density at radius 3 is 2.24 bits per heavy atom. The normalized spacial score (nSPS) is 11.6. The molecule has 0 saturated heterocycles. The van der Waals surface area contributed by atoms with E-state index in [2.05, 4.69) is 4.72 Å². The van der Waals surface area contributed by atoms with E-state index in [1.54, 1.807) is 12.1 Å². The largest absolute Gasteiger partial charge is 0.330 e. The van der Waals surface area contributed by atoms with Crippen LogP contribution in [0.3, 0.4) is 0 Å². The van der Waals surface area contributed by atoms with E-state index in [1.165, 1.54) is 49.0 Å². The summed E-state index contributed by atoms with van der Waals surface area (Å²) in [5.74, 6) is 0. The van der Waals surface area contributed by atoms with Crippen molar-refractivity contribution >= 4 is 38.2 Å². The Morgan fingerprint density at radius 2 is 1.60 bits per heavy atom. The van der Waals surface area contributed by atoms with Crippen molar-refractivity contribution in [1.29, 1.82) is 0 Å². The Morgan fingerprint density at radius 1 is 0.960 bits per heavy atom. The highest BCUT2D eigenvalue weighted by Crippen LogP contribution is 2.20. The van der Waals surface area contributed by atoms with Crippen LogP contribution in [0.5, 0.6) is 0 Å². The second-order valence-corrected chi connectivity index (χ2v) is 7.62. The molecule has 0 aliphatic heterocycles. The van der Waals surface area contributed by atoms with Gasteiger partial charge in [-0.15, -0.1) is 0 Å². The fraction of sp³-hybridized carbons (Fsp3) is 0.125. The molecule has 1 heterocycles. The summed E-state index contributed by atoms with van der Waals surface area (Å²) in [5, 5.41) is 0.627. The van der Waals surface area contributed by atoms with Gasteiger partial charge in [0.25, 0.3) is 15.6 Å². The lowest BCUT2D eigenvalue weighted by Crippen LogP contribution is -2.37. The Kier molecular flexibility index (Phi) is 4.18. The van der Waals surface area contributed by atoms with E-state index in [0.717, 1.165) is 4.57 Å². The van der Waals surface area contributed by atoms with E-state index in [4.69, 9.17) is 11.6 Å². The summed E-state index contributed by atoms with van der Waals surface area (Å²) in [4.78, 5) is 24.2. The van der Waals surface area contributed by atoms with E-state index < -0.39 is 21.3 Å². The van der Waals surface area contributed by atoms with Gasteiger partial charge in [-0.2, -0.15) is 0 Å². The van der Waals surface area contributed by atoms with Gasteiger partial charge >= 0.3 is 5.69 Å². The lowest BCUT2D eigenvalue weighted by Gasteiger charge is -2.11. The topological polar surface area (TPSA) is 90.2 Å². The SMILES string of the molecule is Cn1c(=O)c2cc(S(=O)(=O)Nc3ccc(Cl)cc3)ccc2n(C)c1=O. The number of hydrogen-bond acceptors (Lipinski definition) is 4. The van der Waals surface area contributed by atoms with E-state index >= 15 is 0 Å². The standard InChI is InChI=1S/C16H14ClN3O4S/c1-19-14-8-7-12(9-13(14)15(21)20(2)16(19)22)25(23,24)18-11-5-3-10(17)4-6-11/h3-9,18H,1-2H3. The van der Waals surface area contributed by atoms with Gasteiger partial charge in [-0.3, -0.25) is 18.7 Å². The number of aryl methyl sites for hydroxylation is 1. The molecule has 7 nitrogen and oxygen atoms in total. The number of fused-ring (bicyclic) bond motifs is 1. The van der Waals surface area contributed by atoms with Gasteiger partial charge in [0.15, 0.2) is 0 Å². The smallest absolute Gasteiger partial charge is 0.296 e. The highest BCUT2D eigenvalue weighted by atomic mass is 35.5. The third kappa shape index (κ3) is 3.06. The van der Waals surface area contributed by atoms with Gasteiger partial charge in [-0.1, -0.05) is 11.6 Å². The van der Waals surface area contributed by atoms with Crippen LogP contribution in [-0.2, 0) is 24.1 Å². The average Bonchev–Trinajstić information content (AvgIpc) is 2.59. The molecular weight excluding hydrogens is 366 g/mol. The highest BCUT2D eigenvalue weighted by molar-refractivity contribution is 7.92. The van der Waals surface area contributed by atoms with Crippen LogP contribution in [0.15, 0.2) is 56.9 Å². The third-order valence-corrected chi connectivity index (χ3v) is 5.48. The van der Waals surface area contributed by atoms with Gasteiger partial charge in [0, 0.05) is 24.8 Å². The number of nitrogens with zero attached hydrogens (tertiary/aromatic N) is 2. The van der Waals surface area contributed by atoms with Crippen LogP contribution < -0.4 is 16.0 Å². The molecule has 1 aromatic heterocycles. The molecule has 0 aliphatic carbocycles. The Labute approximate surface area is 148 Å². The van der Waals surface area contributed by atoms with E-state index in [1.807, 2.05) is 0 Å². The van der Waals surface area contributed by atoms with E-state index in [-0.39, 0.29) is 10.3 Å². The van der Waals surface area contributed by atoms with Gasteiger partial charge in [0.1, 0.15) is 0 Å². The van der Waals surface area contributed by atoms with Crippen molar-refractivity contribution in [2.45, 2.75) is 4.90 Å². The number of sulfonamides is 1. The number of aromatic nitrogens is 2. The van der Waals surface area contributed by atoms with Crippen LogP contribution in [0.1, 0.15) is 0 Å². The van der Waals surface area contributed by atoms with Gasteiger partial charge in [0.05, 0.1) is 15.8 Å². The maximum absolute atomic E-state index is 12.6. The lowest BCUT2D eigenvalue weighted by molar-refractivity contribution is 0.601. The first-order valence-electron chi connectivity index (χ1n) is 7.19. The Bertz CT molecular complexity index is 1200. The van der Waals surface area contributed by atoms with Crippen molar-refractivity contribution in [3.63, 3.8) is 0 Å². The fourth-order valence-corrected chi connectivity index (χ4v) is 3.68. The molecule has 0 bridgehead atoms. The molecule has 3 rings (SSSR count). The second kappa shape index (κ2) is 6.05. The monoisotopic (exact) mass is 379 g/mol. The molecule has 0 amide bonds. The molecule has 130 valence electrons. The summed E-state index contributed by atoms with van der Waals surface area (Å²) in [6.07, 6.45) is 0. The van der Waals surface area contributed by atoms with E-state index in [0.29, 0.717) is 16.2 Å². The van der Waals surface area contributed by atoms with Crippen molar-refractivity contribution in [2.75, 3.05) is 4.72 Å². The van der Waals surface area contributed by atoms with E-state index in [9.17, 15) is 18.0 Å². The summed E-state index contributed by atoms with van der Waals surface area (Å²) in [7, 11) is -1.04. The molecule has 3 aromatic rings. The molecule has 2 aromatic carbocycles.